The number of nitrogens with zero attached hydrogens (tertiary/aromatic N) is 3. The van der Waals surface area contributed by atoms with Crippen molar-refractivity contribution in [3.05, 3.63) is 22.2 Å². The van der Waals surface area contributed by atoms with Crippen LogP contribution in [0.1, 0.15) is 58.2 Å². The molecule has 2 rings (SSSR count). The molecule has 1 unspecified atom stereocenters. The fourth-order valence-corrected chi connectivity index (χ4v) is 3.81. The zero-order valence-electron chi connectivity index (χ0n) is 17.9. The van der Waals surface area contributed by atoms with E-state index in [1.54, 1.807) is 28.4 Å². The molecule has 1 fully saturated rings. The predicted octanol–water partition coefficient (Wildman–Crippen LogP) is 4.35. The highest BCUT2D eigenvalue weighted by Crippen LogP contribution is 2.21. The second kappa shape index (κ2) is 9.54. The first-order valence-corrected chi connectivity index (χ1v) is 10.8. The Bertz CT molecular complexity index is 706. The third-order valence-electron chi connectivity index (χ3n) is 4.57. The lowest BCUT2D eigenvalue weighted by Gasteiger charge is -2.37. The Kier molecular flexibility index (Phi) is 7.63. The smallest absolute Gasteiger partial charge is 0.410 e. The van der Waals surface area contributed by atoms with Crippen molar-refractivity contribution < 1.29 is 14.3 Å². The summed E-state index contributed by atoms with van der Waals surface area (Å²) in [6.45, 7) is 13.6. The summed E-state index contributed by atoms with van der Waals surface area (Å²) in [5.74, 6) is 0.256. The van der Waals surface area contributed by atoms with Gasteiger partial charge in [-0.05, 0) is 66.4 Å². The molecule has 0 spiro atoms. The molecular formula is C21H33N3O3S. The predicted molar refractivity (Wildman–Crippen MR) is 113 cm³/mol. The van der Waals surface area contributed by atoms with E-state index in [4.69, 9.17) is 4.74 Å². The standard InChI is InChI=1S/C21H33N3O3S/c1-15(2)24(20(26)27-21(4,5)6)13-17-8-7-11-23(12-17)19(25)10-9-18-14-28-16(3)22-18/h9-10,14-15,17H,7-8,11-13H2,1-6H3/b10-9+. The monoisotopic (exact) mass is 407 g/mol. The van der Waals surface area contributed by atoms with E-state index in [1.807, 2.05) is 51.8 Å². The van der Waals surface area contributed by atoms with Crippen molar-refractivity contribution in [3.8, 4) is 0 Å². The van der Waals surface area contributed by atoms with Crippen molar-refractivity contribution in [3.63, 3.8) is 0 Å². The van der Waals surface area contributed by atoms with Gasteiger partial charge in [0, 0.05) is 37.1 Å². The van der Waals surface area contributed by atoms with Crippen molar-refractivity contribution in [2.45, 2.75) is 66.0 Å². The molecule has 0 saturated carbocycles. The van der Waals surface area contributed by atoms with Gasteiger partial charge in [0.1, 0.15) is 5.60 Å². The summed E-state index contributed by atoms with van der Waals surface area (Å²) in [5, 5.41) is 2.93. The first-order valence-electron chi connectivity index (χ1n) is 9.94. The average molecular weight is 408 g/mol. The number of carbonyl (C=O) groups is 2. The topological polar surface area (TPSA) is 62.7 Å². The van der Waals surface area contributed by atoms with Crippen LogP contribution in [0, 0.1) is 12.8 Å². The van der Waals surface area contributed by atoms with Crippen LogP contribution >= 0.6 is 11.3 Å². The summed E-state index contributed by atoms with van der Waals surface area (Å²) in [7, 11) is 0. The summed E-state index contributed by atoms with van der Waals surface area (Å²) in [4.78, 5) is 33.1. The normalized spacial score (nSPS) is 18.0. The van der Waals surface area contributed by atoms with Gasteiger partial charge in [-0.2, -0.15) is 0 Å². The number of rotatable bonds is 5. The van der Waals surface area contributed by atoms with Crippen molar-refractivity contribution in [2.24, 2.45) is 5.92 Å². The molecule has 0 aliphatic carbocycles. The lowest BCUT2D eigenvalue weighted by Crippen LogP contribution is -2.47. The van der Waals surface area contributed by atoms with E-state index in [1.165, 1.54) is 0 Å². The van der Waals surface area contributed by atoms with E-state index in [0.717, 1.165) is 30.1 Å². The summed E-state index contributed by atoms with van der Waals surface area (Å²) in [6, 6.07) is 0.0497. The number of likely N-dealkylation sites (tertiary alicyclic amines) is 1. The minimum absolute atomic E-state index is 0.00344. The molecule has 2 amide bonds. The number of piperidine rings is 1. The maximum absolute atomic E-state index is 12.6. The molecule has 1 aromatic rings. The van der Waals surface area contributed by atoms with Crippen molar-refractivity contribution in [2.75, 3.05) is 19.6 Å². The Morgan fingerprint density at radius 2 is 2.14 bits per heavy atom. The molecular weight excluding hydrogens is 374 g/mol. The molecule has 0 bridgehead atoms. The Balaban J connectivity index is 1.96. The Labute approximate surface area is 172 Å². The molecule has 0 radical (unpaired) electrons. The van der Waals surface area contributed by atoms with Crippen LogP contribution in [0.25, 0.3) is 6.08 Å². The molecule has 2 heterocycles. The van der Waals surface area contributed by atoms with Crippen LogP contribution in [0.5, 0.6) is 0 Å². The van der Waals surface area contributed by atoms with Gasteiger partial charge in [0.15, 0.2) is 0 Å². The zero-order chi connectivity index (χ0) is 20.9. The van der Waals surface area contributed by atoms with E-state index < -0.39 is 5.60 Å². The van der Waals surface area contributed by atoms with Crippen molar-refractivity contribution in [1.82, 2.24) is 14.8 Å². The number of thiazole rings is 1. The van der Waals surface area contributed by atoms with E-state index >= 15 is 0 Å². The van der Waals surface area contributed by atoms with Gasteiger partial charge >= 0.3 is 6.09 Å². The van der Waals surface area contributed by atoms with Crippen molar-refractivity contribution >= 4 is 29.4 Å². The molecule has 1 aromatic heterocycles. The highest BCUT2D eigenvalue weighted by Gasteiger charge is 2.29. The molecule has 1 aliphatic heterocycles. The highest BCUT2D eigenvalue weighted by molar-refractivity contribution is 7.09. The summed E-state index contributed by atoms with van der Waals surface area (Å²) in [5.41, 5.74) is 0.303. The number of hydrogen-bond acceptors (Lipinski definition) is 5. The van der Waals surface area contributed by atoms with Gasteiger partial charge in [-0.15, -0.1) is 11.3 Å². The van der Waals surface area contributed by atoms with E-state index in [0.29, 0.717) is 13.1 Å². The summed E-state index contributed by atoms with van der Waals surface area (Å²) in [6.07, 6.45) is 5.04. The molecule has 1 saturated heterocycles. The first kappa shape index (κ1) is 22.4. The zero-order valence-corrected chi connectivity index (χ0v) is 18.7. The maximum atomic E-state index is 12.6. The van der Waals surface area contributed by atoms with E-state index in [9.17, 15) is 9.59 Å². The molecule has 1 atom stereocenters. The Morgan fingerprint density at radius 3 is 2.71 bits per heavy atom. The second-order valence-corrected chi connectivity index (χ2v) is 9.71. The number of carbonyl (C=O) groups excluding carboxylic acids is 2. The quantitative estimate of drug-likeness (QED) is 0.681. The molecule has 6 nitrogen and oxygen atoms in total. The average Bonchev–Trinajstić information content (AvgIpc) is 3.01. The third kappa shape index (κ3) is 6.93. The fraction of sp³-hybridized carbons (Fsp3) is 0.667. The van der Waals surface area contributed by atoms with Gasteiger partial charge < -0.3 is 14.5 Å². The largest absolute Gasteiger partial charge is 0.444 e. The minimum atomic E-state index is -0.516. The molecule has 156 valence electrons. The summed E-state index contributed by atoms with van der Waals surface area (Å²) >= 11 is 1.57. The second-order valence-electron chi connectivity index (χ2n) is 8.64. The number of hydrogen-bond donors (Lipinski definition) is 0. The summed E-state index contributed by atoms with van der Waals surface area (Å²) < 4.78 is 5.56. The maximum Gasteiger partial charge on any atom is 0.410 e. The number of amides is 2. The Morgan fingerprint density at radius 1 is 1.43 bits per heavy atom. The number of aryl methyl sites for hydroxylation is 1. The fourth-order valence-electron chi connectivity index (χ4n) is 3.23. The van der Waals surface area contributed by atoms with Gasteiger partial charge in [0.05, 0.1) is 10.7 Å². The van der Waals surface area contributed by atoms with Gasteiger partial charge in [0.25, 0.3) is 0 Å². The first-order chi connectivity index (χ1) is 13.0. The van der Waals surface area contributed by atoms with Gasteiger partial charge in [-0.1, -0.05) is 0 Å². The third-order valence-corrected chi connectivity index (χ3v) is 5.36. The lowest BCUT2D eigenvalue weighted by atomic mass is 9.97. The van der Waals surface area contributed by atoms with Crippen LogP contribution in [0.15, 0.2) is 11.5 Å². The van der Waals surface area contributed by atoms with Crippen molar-refractivity contribution in [1.29, 1.82) is 0 Å². The van der Waals surface area contributed by atoms with E-state index in [-0.39, 0.29) is 24.0 Å². The van der Waals surface area contributed by atoms with Crippen LogP contribution in [0.3, 0.4) is 0 Å². The van der Waals surface area contributed by atoms with E-state index in [2.05, 4.69) is 4.98 Å². The van der Waals surface area contributed by atoms with Gasteiger partial charge in [0.2, 0.25) is 5.91 Å². The van der Waals surface area contributed by atoms with Crippen LogP contribution in [0.4, 0.5) is 4.79 Å². The molecule has 0 N–H and O–H groups in total. The molecule has 0 aromatic carbocycles. The lowest BCUT2D eigenvalue weighted by molar-refractivity contribution is -0.127. The van der Waals surface area contributed by atoms with Crippen LogP contribution in [-0.4, -0.2) is 58.1 Å². The number of aromatic nitrogens is 1. The van der Waals surface area contributed by atoms with Gasteiger partial charge in [-0.3, -0.25) is 4.79 Å². The molecule has 28 heavy (non-hydrogen) atoms. The molecule has 1 aliphatic rings. The van der Waals surface area contributed by atoms with Gasteiger partial charge in [-0.25, -0.2) is 9.78 Å². The molecule has 7 heteroatoms. The highest BCUT2D eigenvalue weighted by atomic mass is 32.1. The minimum Gasteiger partial charge on any atom is -0.444 e. The van der Waals surface area contributed by atoms with Crippen LogP contribution in [0.2, 0.25) is 0 Å². The SMILES string of the molecule is Cc1nc(/C=C/C(=O)N2CCCC(CN(C(=O)OC(C)(C)C)C(C)C)C2)cs1. The Hall–Kier alpha value is -1.89. The number of ether oxygens (including phenoxy) is 1. The van der Waals surface area contributed by atoms with Crippen LogP contribution in [-0.2, 0) is 9.53 Å². The van der Waals surface area contributed by atoms with Crippen LogP contribution < -0.4 is 0 Å².